The highest BCUT2D eigenvalue weighted by atomic mass is 16.5. The third kappa shape index (κ3) is 5.05. The van der Waals surface area contributed by atoms with Crippen LogP contribution in [0.4, 0.5) is 11.4 Å². The van der Waals surface area contributed by atoms with Crippen molar-refractivity contribution >= 4 is 17.3 Å². The van der Waals surface area contributed by atoms with Crippen LogP contribution in [0.5, 0.6) is 0 Å². The van der Waals surface area contributed by atoms with E-state index in [1.54, 1.807) is 0 Å². The molecular weight excluding hydrogens is 264 g/mol. The summed E-state index contributed by atoms with van der Waals surface area (Å²) < 4.78 is 4.79. The van der Waals surface area contributed by atoms with Crippen molar-refractivity contribution < 1.29 is 9.53 Å². The zero-order valence-electron chi connectivity index (χ0n) is 13.2. The summed E-state index contributed by atoms with van der Waals surface area (Å²) in [5.41, 5.74) is 2.41. The van der Waals surface area contributed by atoms with Crippen LogP contribution in [0.15, 0.2) is 24.3 Å². The largest absolute Gasteiger partial charge is 0.382 e. The van der Waals surface area contributed by atoms with Gasteiger partial charge in [0.05, 0.1) is 0 Å². The molecule has 0 atom stereocenters. The second-order valence-corrected chi connectivity index (χ2v) is 6.64. The lowest BCUT2D eigenvalue weighted by Crippen LogP contribution is -2.29. The van der Waals surface area contributed by atoms with Crippen molar-refractivity contribution in [1.82, 2.24) is 0 Å². The highest BCUT2D eigenvalue weighted by Gasteiger charge is 2.26. The second kappa shape index (κ2) is 6.94. The van der Waals surface area contributed by atoms with E-state index in [1.807, 2.05) is 24.3 Å². The summed E-state index contributed by atoms with van der Waals surface area (Å²) in [4.78, 5) is 11.4. The first-order valence-corrected chi connectivity index (χ1v) is 7.64. The van der Waals surface area contributed by atoms with Gasteiger partial charge in [0.1, 0.15) is 6.61 Å². The Morgan fingerprint density at radius 1 is 1.19 bits per heavy atom. The first kappa shape index (κ1) is 15.8. The standard InChI is InChI=1S/C17H26N2O2/c1-17(2)10-8-15(9-11-17)18-13-4-6-14(7-5-13)19-16(20)12-21-3/h4-7,15,18H,8-12H2,1-3H3,(H,19,20). The van der Waals surface area contributed by atoms with Gasteiger partial charge in [-0.1, -0.05) is 13.8 Å². The zero-order valence-corrected chi connectivity index (χ0v) is 13.2. The minimum Gasteiger partial charge on any atom is -0.382 e. The van der Waals surface area contributed by atoms with Crippen molar-refractivity contribution in [2.75, 3.05) is 24.4 Å². The van der Waals surface area contributed by atoms with Crippen LogP contribution in [0, 0.1) is 5.41 Å². The van der Waals surface area contributed by atoms with Crippen molar-refractivity contribution in [2.24, 2.45) is 5.41 Å². The molecule has 1 aliphatic rings. The fourth-order valence-corrected chi connectivity index (χ4v) is 2.76. The molecule has 1 saturated carbocycles. The third-order valence-corrected chi connectivity index (χ3v) is 4.15. The number of hydrogen-bond donors (Lipinski definition) is 2. The van der Waals surface area contributed by atoms with Crippen molar-refractivity contribution in [1.29, 1.82) is 0 Å². The fourth-order valence-electron chi connectivity index (χ4n) is 2.76. The number of anilines is 2. The van der Waals surface area contributed by atoms with Crippen LogP contribution in [0.25, 0.3) is 0 Å². The smallest absolute Gasteiger partial charge is 0.250 e. The van der Waals surface area contributed by atoms with E-state index >= 15 is 0 Å². The number of amides is 1. The molecule has 0 unspecified atom stereocenters. The SMILES string of the molecule is COCC(=O)Nc1ccc(NC2CCC(C)(C)CC2)cc1. The highest BCUT2D eigenvalue weighted by molar-refractivity contribution is 5.91. The molecule has 2 rings (SSSR count). The predicted octanol–water partition coefficient (Wildman–Crippen LogP) is 3.65. The van der Waals surface area contributed by atoms with Gasteiger partial charge in [0.15, 0.2) is 0 Å². The van der Waals surface area contributed by atoms with Gasteiger partial charge >= 0.3 is 0 Å². The van der Waals surface area contributed by atoms with Gasteiger partial charge in [0.2, 0.25) is 5.91 Å². The van der Waals surface area contributed by atoms with Gasteiger partial charge < -0.3 is 15.4 Å². The molecule has 0 heterocycles. The van der Waals surface area contributed by atoms with Crippen molar-refractivity contribution in [3.63, 3.8) is 0 Å². The van der Waals surface area contributed by atoms with Gasteiger partial charge in [-0.25, -0.2) is 0 Å². The van der Waals surface area contributed by atoms with Gasteiger partial charge in [-0.15, -0.1) is 0 Å². The summed E-state index contributed by atoms with van der Waals surface area (Å²) in [7, 11) is 1.51. The van der Waals surface area contributed by atoms with Crippen molar-refractivity contribution in [2.45, 2.75) is 45.6 Å². The molecule has 0 saturated heterocycles. The normalized spacial score (nSPS) is 18.2. The molecule has 21 heavy (non-hydrogen) atoms. The van der Waals surface area contributed by atoms with Crippen LogP contribution < -0.4 is 10.6 Å². The Morgan fingerprint density at radius 2 is 1.76 bits per heavy atom. The van der Waals surface area contributed by atoms with Gasteiger partial charge in [-0.05, 0) is 55.4 Å². The van der Waals surface area contributed by atoms with Crippen LogP contribution in [0.1, 0.15) is 39.5 Å². The Bertz CT molecular complexity index is 458. The van der Waals surface area contributed by atoms with Gasteiger partial charge in [-0.2, -0.15) is 0 Å². The molecule has 1 amide bonds. The Labute approximate surface area is 127 Å². The number of rotatable bonds is 5. The van der Waals surface area contributed by atoms with E-state index in [9.17, 15) is 4.79 Å². The lowest BCUT2D eigenvalue weighted by atomic mass is 9.75. The lowest BCUT2D eigenvalue weighted by molar-refractivity contribution is -0.119. The van der Waals surface area contributed by atoms with Crippen LogP contribution in [0.2, 0.25) is 0 Å². The Hall–Kier alpha value is -1.55. The quantitative estimate of drug-likeness (QED) is 0.870. The summed E-state index contributed by atoms with van der Waals surface area (Å²) in [6.45, 7) is 4.78. The molecule has 4 nitrogen and oxygen atoms in total. The first-order chi connectivity index (χ1) is 9.98. The lowest BCUT2D eigenvalue weighted by Gasteiger charge is -2.35. The van der Waals surface area contributed by atoms with Crippen LogP contribution >= 0.6 is 0 Å². The van der Waals surface area contributed by atoms with E-state index in [0.717, 1.165) is 11.4 Å². The minimum atomic E-state index is -0.132. The number of carbonyl (C=O) groups is 1. The van der Waals surface area contributed by atoms with Gasteiger partial charge in [-0.3, -0.25) is 4.79 Å². The maximum absolute atomic E-state index is 11.4. The van der Waals surface area contributed by atoms with E-state index in [0.29, 0.717) is 11.5 Å². The monoisotopic (exact) mass is 290 g/mol. The number of ether oxygens (including phenoxy) is 1. The topological polar surface area (TPSA) is 50.4 Å². The maximum atomic E-state index is 11.4. The molecule has 1 aromatic rings. The molecule has 1 aromatic carbocycles. The van der Waals surface area contributed by atoms with Crippen molar-refractivity contribution in [3.8, 4) is 0 Å². The van der Waals surface area contributed by atoms with Crippen LogP contribution in [-0.4, -0.2) is 25.7 Å². The number of methoxy groups -OCH3 is 1. The molecule has 2 N–H and O–H groups in total. The fraction of sp³-hybridized carbons (Fsp3) is 0.588. The number of hydrogen-bond acceptors (Lipinski definition) is 3. The Balaban J connectivity index is 1.84. The highest BCUT2D eigenvalue weighted by Crippen LogP contribution is 2.36. The van der Waals surface area contributed by atoms with E-state index in [4.69, 9.17) is 4.74 Å². The second-order valence-electron chi connectivity index (χ2n) is 6.64. The molecule has 0 spiro atoms. The van der Waals surface area contributed by atoms with Crippen molar-refractivity contribution in [3.05, 3.63) is 24.3 Å². The molecule has 0 aromatic heterocycles. The summed E-state index contributed by atoms with van der Waals surface area (Å²) in [5, 5.41) is 6.38. The average Bonchev–Trinajstić information content (AvgIpc) is 2.43. The summed E-state index contributed by atoms with van der Waals surface area (Å²) in [6.07, 6.45) is 4.99. The summed E-state index contributed by atoms with van der Waals surface area (Å²) in [6, 6.07) is 8.43. The molecule has 0 radical (unpaired) electrons. The van der Waals surface area contributed by atoms with E-state index in [2.05, 4.69) is 24.5 Å². The minimum absolute atomic E-state index is 0.0812. The number of nitrogens with one attached hydrogen (secondary N) is 2. The molecule has 0 bridgehead atoms. The van der Waals surface area contributed by atoms with E-state index in [-0.39, 0.29) is 12.5 Å². The predicted molar refractivity (Wildman–Crippen MR) is 86.6 cm³/mol. The van der Waals surface area contributed by atoms with Crippen LogP contribution in [0.3, 0.4) is 0 Å². The van der Waals surface area contributed by atoms with E-state index in [1.165, 1.54) is 32.8 Å². The van der Waals surface area contributed by atoms with Gasteiger partial charge in [0, 0.05) is 24.5 Å². The molecule has 116 valence electrons. The molecular formula is C17H26N2O2. The average molecular weight is 290 g/mol. The molecule has 1 aliphatic carbocycles. The number of benzene rings is 1. The van der Waals surface area contributed by atoms with Crippen LogP contribution in [-0.2, 0) is 9.53 Å². The maximum Gasteiger partial charge on any atom is 0.250 e. The van der Waals surface area contributed by atoms with E-state index < -0.39 is 0 Å². The summed E-state index contributed by atoms with van der Waals surface area (Å²) in [5.74, 6) is -0.132. The molecule has 1 fully saturated rings. The summed E-state index contributed by atoms with van der Waals surface area (Å²) >= 11 is 0. The Kier molecular flexibility index (Phi) is 5.23. The third-order valence-electron chi connectivity index (χ3n) is 4.15. The molecule has 0 aliphatic heterocycles. The number of carbonyl (C=O) groups excluding carboxylic acids is 1. The zero-order chi connectivity index (χ0) is 15.3. The first-order valence-electron chi connectivity index (χ1n) is 7.64. The molecule has 4 heteroatoms. The Morgan fingerprint density at radius 3 is 2.33 bits per heavy atom. The van der Waals surface area contributed by atoms with Gasteiger partial charge in [0.25, 0.3) is 0 Å².